The van der Waals surface area contributed by atoms with Gasteiger partial charge in [-0.2, -0.15) is 0 Å². The summed E-state index contributed by atoms with van der Waals surface area (Å²) in [6.07, 6.45) is 1.58. The van der Waals surface area contributed by atoms with Crippen molar-refractivity contribution in [2.24, 2.45) is 11.8 Å². The number of carboxylic acid groups (broad SMARTS) is 1. The van der Waals surface area contributed by atoms with Crippen LogP contribution < -0.4 is 5.32 Å². The van der Waals surface area contributed by atoms with E-state index in [2.05, 4.69) is 10.3 Å². The third-order valence-electron chi connectivity index (χ3n) is 3.49. The predicted molar refractivity (Wildman–Crippen MR) is 80.0 cm³/mol. The molecule has 0 radical (unpaired) electrons. The quantitative estimate of drug-likeness (QED) is 0.884. The highest BCUT2D eigenvalue weighted by Gasteiger charge is 2.22. The SMILES string of the molecule is CC(C)C(CNC(=O)c1nccc2ccccc12)C(=O)O. The number of amides is 1. The molecule has 0 bridgehead atoms. The lowest BCUT2D eigenvalue weighted by atomic mass is 9.96. The number of hydrogen-bond acceptors (Lipinski definition) is 3. The maximum Gasteiger partial charge on any atom is 0.308 e. The molecule has 1 aromatic heterocycles. The smallest absolute Gasteiger partial charge is 0.308 e. The summed E-state index contributed by atoms with van der Waals surface area (Å²) >= 11 is 0. The highest BCUT2D eigenvalue weighted by atomic mass is 16.4. The van der Waals surface area contributed by atoms with Crippen LogP contribution >= 0.6 is 0 Å². The second kappa shape index (κ2) is 6.35. The van der Waals surface area contributed by atoms with Gasteiger partial charge in [0.05, 0.1) is 5.92 Å². The minimum Gasteiger partial charge on any atom is -0.481 e. The van der Waals surface area contributed by atoms with Gasteiger partial charge in [0.15, 0.2) is 0 Å². The van der Waals surface area contributed by atoms with Gasteiger partial charge in [0, 0.05) is 18.1 Å². The monoisotopic (exact) mass is 286 g/mol. The van der Waals surface area contributed by atoms with Gasteiger partial charge in [-0.15, -0.1) is 0 Å². The zero-order valence-corrected chi connectivity index (χ0v) is 12.0. The first-order valence-corrected chi connectivity index (χ1v) is 6.85. The number of carbonyl (C=O) groups is 2. The second-order valence-corrected chi connectivity index (χ2v) is 5.28. The lowest BCUT2D eigenvalue weighted by Gasteiger charge is -2.16. The van der Waals surface area contributed by atoms with E-state index in [1.165, 1.54) is 0 Å². The fourth-order valence-electron chi connectivity index (χ4n) is 2.20. The molecule has 2 N–H and O–H groups in total. The van der Waals surface area contributed by atoms with Crippen molar-refractivity contribution in [3.05, 3.63) is 42.2 Å². The van der Waals surface area contributed by atoms with Crippen LogP contribution in [-0.2, 0) is 4.79 Å². The summed E-state index contributed by atoms with van der Waals surface area (Å²) in [5.74, 6) is -1.91. The first-order chi connectivity index (χ1) is 10.0. The third-order valence-corrected chi connectivity index (χ3v) is 3.49. The molecule has 110 valence electrons. The van der Waals surface area contributed by atoms with E-state index in [0.29, 0.717) is 5.69 Å². The number of benzene rings is 1. The summed E-state index contributed by atoms with van der Waals surface area (Å²) in [5, 5.41) is 13.5. The summed E-state index contributed by atoms with van der Waals surface area (Å²) in [6.45, 7) is 3.74. The molecule has 0 saturated heterocycles. The average Bonchev–Trinajstić information content (AvgIpc) is 2.46. The molecule has 5 heteroatoms. The number of fused-ring (bicyclic) bond motifs is 1. The van der Waals surface area contributed by atoms with Gasteiger partial charge >= 0.3 is 5.97 Å². The molecule has 0 aliphatic heterocycles. The lowest BCUT2D eigenvalue weighted by molar-refractivity contribution is -0.142. The van der Waals surface area contributed by atoms with Crippen LogP contribution in [0.3, 0.4) is 0 Å². The topological polar surface area (TPSA) is 79.3 Å². The summed E-state index contributed by atoms with van der Waals surface area (Å²) in [6, 6.07) is 9.30. The van der Waals surface area contributed by atoms with E-state index in [-0.39, 0.29) is 18.4 Å². The number of nitrogens with one attached hydrogen (secondary N) is 1. The van der Waals surface area contributed by atoms with Crippen molar-refractivity contribution in [2.75, 3.05) is 6.54 Å². The van der Waals surface area contributed by atoms with Crippen LogP contribution in [-0.4, -0.2) is 28.5 Å². The van der Waals surface area contributed by atoms with E-state index in [1.54, 1.807) is 6.20 Å². The maximum atomic E-state index is 12.2. The lowest BCUT2D eigenvalue weighted by Crippen LogP contribution is -2.35. The number of carbonyl (C=O) groups excluding carboxylic acids is 1. The van der Waals surface area contributed by atoms with Gasteiger partial charge in [-0.25, -0.2) is 0 Å². The van der Waals surface area contributed by atoms with Gasteiger partial charge in [-0.3, -0.25) is 14.6 Å². The number of pyridine rings is 1. The Bertz CT molecular complexity index is 662. The molecule has 1 aromatic carbocycles. The van der Waals surface area contributed by atoms with Crippen LogP contribution in [0.4, 0.5) is 0 Å². The zero-order valence-electron chi connectivity index (χ0n) is 12.0. The zero-order chi connectivity index (χ0) is 15.4. The van der Waals surface area contributed by atoms with Crippen LogP contribution in [0, 0.1) is 11.8 Å². The first-order valence-electron chi connectivity index (χ1n) is 6.85. The number of nitrogens with zero attached hydrogens (tertiary/aromatic N) is 1. The molecule has 0 fully saturated rings. The molecule has 0 aliphatic rings. The fourth-order valence-corrected chi connectivity index (χ4v) is 2.20. The standard InChI is InChI=1S/C16H18N2O3/c1-10(2)13(16(20)21)9-18-15(19)14-12-6-4-3-5-11(12)7-8-17-14/h3-8,10,13H,9H2,1-2H3,(H,18,19)(H,20,21). The van der Waals surface area contributed by atoms with Crippen LogP contribution in [0.25, 0.3) is 10.8 Å². The fraction of sp³-hybridized carbons (Fsp3) is 0.312. The van der Waals surface area contributed by atoms with Gasteiger partial charge in [0.2, 0.25) is 0 Å². The van der Waals surface area contributed by atoms with Gasteiger partial charge in [0.1, 0.15) is 5.69 Å². The van der Waals surface area contributed by atoms with Gasteiger partial charge in [-0.1, -0.05) is 38.1 Å². The Hall–Kier alpha value is -2.43. The average molecular weight is 286 g/mol. The molecule has 1 unspecified atom stereocenters. The Labute approximate surface area is 123 Å². The van der Waals surface area contributed by atoms with Crippen LogP contribution in [0.15, 0.2) is 36.5 Å². The van der Waals surface area contributed by atoms with Crippen molar-refractivity contribution in [3.8, 4) is 0 Å². The number of carboxylic acids is 1. The highest BCUT2D eigenvalue weighted by molar-refractivity contribution is 6.05. The highest BCUT2D eigenvalue weighted by Crippen LogP contribution is 2.16. The van der Waals surface area contributed by atoms with E-state index in [4.69, 9.17) is 5.11 Å². The molecule has 2 aromatic rings. The second-order valence-electron chi connectivity index (χ2n) is 5.28. The van der Waals surface area contributed by atoms with Crippen LogP contribution in [0.5, 0.6) is 0 Å². The number of rotatable bonds is 5. The Morgan fingerprint density at radius 3 is 2.62 bits per heavy atom. The Morgan fingerprint density at radius 1 is 1.24 bits per heavy atom. The molecule has 1 atom stereocenters. The molecule has 2 rings (SSSR count). The molecule has 0 aliphatic carbocycles. The van der Waals surface area contributed by atoms with Crippen molar-refractivity contribution in [1.82, 2.24) is 10.3 Å². The summed E-state index contributed by atoms with van der Waals surface area (Å²) < 4.78 is 0. The Morgan fingerprint density at radius 2 is 1.95 bits per heavy atom. The largest absolute Gasteiger partial charge is 0.481 e. The van der Waals surface area contributed by atoms with Crippen molar-refractivity contribution in [2.45, 2.75) is 13.8 Å². The Kier molecular flexibility index (Phi) is 4.52. The normalized spacial score (nSPS) is 12.3. The predicted octanol–water partition coefficient (Wildman–Crippen LogP) is 2.32. The molecule has 1 amide bonds. The van der Waals surface area contributed by atoms with Crippen molar-refractivity contribution < 1.29 is 14.7 Å². The number of hydrogen-bond donors (Lipinski definition) is 2. The summed E-state index contributed by atoms with van der Waals surface area (Å²) in [5.41, 5.74) is 0.320. The van der Waals surface area contributed by atoms with Crippen molar-refractivity contribution in [3.63, 3.8) is 0 Å². The van der Waals surface area contributed by atoms with E-state index in [1.807, 2.05) is 44.2 Å². The van der Waals surface area contributed by atoms with Gasteiger partial charge in [0.25, 0.3) is 5.91 Å². The number of aromatic nitrogens is 1. The molecule has 0 spiro atoms. The van der Waals surface area contributed by atoms with Gasteiger partial charge in [-0.05, 0) is 17.4 Å². The minimum atomic E-state index is -0.906. The van der Waals surface area contributed by atoms with E-state index in [0.717, 1.165) is 10.8 Å². The maximum absolute atomic E-state index is 12.2. The van der Waals surface area contributed by atoms with Crippen molar-refractivity contribution in [1.29, 1.82) is 0 Å². The summed E-state index contributed by atoms with van der Waals surface area (Å²) in [4.78, 5) is 27.5. The Balaban J connectivity index is 2.18. The van der Waals surface area contributed by atoms with Gasteiger partial charge < -0.3 is 10.4 Å². The van der Waals surface area contributed by atoms with Crippen LogP contribution in [0.1, 0.15) is 24.3 Å². The van der Waals surface area contributed by atoms with Crippen molar-refractivity contribution >= 4 is 22.6 Å². The van der Waals surface area contributed by atoms with Crippen LogP contribution in [0.2, 0.25) is 0 Å². The molecule has 0 saturated carbocycles. The summed E-state index contributed by atoms with van der Waals surface area (Å²) in [7, 11) is 0. The molecule has 21 heavy (non-hydrogen) atoms. The molecular weight excluding hydrogens is 268 g/mol. The van der Waals surface area contributed by atoms with E-state index < -0.39 is 11.9 Å². The molecular formula is C16H18N2O3. The molecule has 1 heterocycles. The van der Waals surface area contributed by atoms with E-state index >= 15 is 0 Å². The minimum absolute atomic E-state index is 0.0525. The third kappa shape index (κ3) is 3.37. The number of aliphatic carboxylic acids is 1. The van der Waals surface area contributed by atoms with E-state index in [9.17, 15) is 9.59 Å². The first kappa shape index (κ1) is 15.0. The molecule has 5 nitrogen and oxygen atoms in total.